The second-order valence-corrected chi connectivity index (χ2v) is 7.68. The van der Waals surface area contributed by atoms with Crippen LogP contribution in [0.5, 0.6) is 0 Å². The first-order chi connectivity index (χ1) is 12.5. The summed E-state index contributed by atoms with van der Waals surface area (Å²) in [5.74, 6) is 0.624. The quantitative estimate of drug-likeness (QED) is 0.630. The van der Waals surface area contributed by atoms with Gasteiger partial charge in [0.15, 0.2) is 5.16 Å². The number of hydrogen-bond acceptors (Lipinski definition) is 5. The first-order valence-electron chi connectivity index (χ1n) is 8.15. The molecule has 7 nitrogen and oxygen atoms in total. The van der Waals surface area contributed by atoms with Gasteiger partial charge in [-0.3, -0.25) is 14.3 Å². The maximum atomic E-state index is 11.5. The molecule has 0 amide bonds. The minimum atomic E-state index is -0.542. The van der Waals surface area contributed by atoms with E-state index in [0.29, 0.717) is 21.8 Å². The molecule has 0 aliphatic carbocycles. The summed E-state index contributed by atoms with van der Waals surface area (Å²) in [5.41, 5.74) is 0.351. The molecule has 3 rings (SSSR count). The normalized spacial score (nSPS) is 12.3. The van der Waals surface area contributed by atoms with Crippen molar-refractivity contribution in [3.05, 3.63) is 67.7 Å². The molecule has 1 aromatic carbocycles. The molecule has 0 saturated carbocycles. The Morgan fingerprint density at radius 3 is 2.58 bits per heavy atom. The molecule has 0 spiro atoms. The van der Waals surface area contributed by atoms with Gasteiger partial charge in [-0.05, 0) is 30.7 Å². The van der Waals surface area contributed by atoms with E-state index in [1.807, 2.05) is 16.7 Å². The molecular formula is C17H18ClN5O2S. The lowest BCUT2D eigenvalue weighted by molar-refractivity contribution is 0.820. The third kappa shape index (κ3) is 4.25. The largest absolute Gasteiger partial charge is 0.325 e. The Labute approximate surface area is 158 Å². The lowest BCUT2D eigenvalue weighted by Crippen LogP contribution is -2.23. The summed E-state index contributed by atoms with van der Waals surface area (Å²) in [6.45, 7) is 4.24. The number of nitrogens with one attached hydrogen (secondary N) is 2. The van der Waals surface area contributed by atoms with Crippen LogP contribution in [-0.2, 0) is 6.42 Å². The number of hydrogen-bond donors (Lipinski definition) is 2. The van der Waals surface area contributed by atoms with Crippen molar-refractivity contribution in [3.63, 3.8) is 0 Å². The number of aromatic amines is 2. The van der Waals surface area contributed by atoms with Crippen LogP contribution in [-0.4, -0.2) is 30.0 Å². The molecule has 0 fully saturated rings. The molecule has 9 heteroatoms. The molecule has 0 aliphatic heterocycles. The fourth-order valence-electron chi connectivity index (χ4n) is 2.39. The van der Waals surface area contributed by atoms with E-state index >= 15 is 0 Å². The van der Waals surface area contributed by atoms with E-state index in [4.69, 9.17) is 11.6 Å². The van der Waals surface area contributed by atoms with Crippen LogP contribution >= 0.6 is 23.4 Å². The van der Waals surface area contributed by atoms with Gasteiger partial charge in [-0.1, -0.05) is 37.2 Å². The van der Waals surface area contributed by atoms with Gasteiger partial charge < -0.3 is 4.98 Å². The zero-order valence-corrected chi connectivity index (χ0v) is 15.9. The van der Waals surface area contributed by atoms with E-state index in [1.165, 1.54) is 6.07 Å². The first-order valence-corrected chi connectivity index (χ1v) is 9.41. The highest BCUT2D eigenvalue weighted by atomic mass is 35.5. The maximum Gasteiger partial charge on any atom is 0.325 e. The van der Waals surface area contributed by atoms with Gasteiger partial charge in [0.1, 0.15) is 5.82 Å². The van der Waals surface area contributed by atoms with Crippen molar-refractivity contribution in [1.29, 1.82) is 0 Å². The van der Waals surface area contributed by atoms with Crippen molar-refractivity contribution in [2.75, 3.05) is 0 Å². The van der Waals surface area contributed by atoms with Crippen LogP contribution in [0, 0.1) is 0 Å². The second-order valence-electron chi connectivity index (χ2n) is 5.84. The van der Waals surface area contributed by atoms with Gasteiger partial charge in [-0.25, -0.2) is 4.79 Å². The molecule has 1 atom stereocenters. The summed E-state index contributed by atoms with van der Waals surface area (Å²) < 4.78 is 1.92. The average Bonchev–Trinajstić information content (AvgIpc) is 2.96. The molecule has 2 heterocycles. The number of H-pyrrole nitrogens is 2. The Bertz CT molecular complexity index is 981. The van der Waals surface area contributed by atoms with Crippen molar-refractivity contribution in [3.8, 4) is 5.69 Å². The fourth-order valence-corrected chi connectivity index (χ4v) is 3.45. The molecule has 3 aromatic rings. The number of thioether (sulfide) groups is 1. The first kappa shape index (κ1) is 18.5. The Kier molecular flexibility index (Phi) is 5.63. The number of halogens is 1. The number of rotatable bonds is 6. The van der Waals surface area contributed by atoms with Crippen molar-refractivity contribution >= 4 is 23.4 Å². The highest BCUT2D eigenvalue weighted by Gasteiger charge is 2.17. The monoisotopic (exact) mass is 391 g/mol. The predicted molar refractivity (Wildman–Crippen MR) is 102 cm³/mol. The van der Waals surface area contributed by atoms with Crippen molar-refractivity contribution in [2.24, 2.45) is 0 Å². The lowest BCUT2D eigenvalue weighted by Gasteiger charge is -2.12. The van der Waals surface area contributed by atoms with E-state index in [1.54, 1.807) is 23.9 Å². The molecule has 0 radical (unpaired) electrons. The van der Waals surface area contributed by atoms with Gasteiger partial charge in [0.2, 0.25) is 0 Å². The maximum absolute atomic E-state index is 11.5. The molecule has 0 saturated heterocycles. The van der Waals surface area contributed by atoms with E-state index < -0.39 is 11.2 Å². The van der Waals surface area contributed by atoms with E-state index in [0.717, 1.165) is 17.3 Å². The topological polar surface area (TPSA) is 96.4 Å². The van der Waals surface area contributed by atoms with E-state index in [-0.39, 0.29) is 6.42 Å². The molecule has 0 bridgehead atoms. The van der Waals surface area contributed by atoms with E-state index in [2.05, 4.69) is 34.0 Å². The number of benzene rings is 1. The van der Waals surface area contributed by atoms with Crippen LogP contribution < -0.4 is 11.2 Å². The zero-order valence-electron chi connectivity index (χ0n) is 14.3. The van der Waals surface area contributed by atoms with E-state index in [9.17, 15) is 9.59 Å². The van der Waals surface area contributed by atoms with Crippen LogP contribution in [0.4, 0.5) is 0 Å². The van der Waals surface area contributed by atoms with Crippen LogP contribution in [0.1, 0.15) is 31.8 Å². The molecule has 2 aromatic heterocycles. The number of aromatic nitrogens is 5. The summed E-state index contributed by atoms with van der Waals surface area (Å²) >= 11 is 7.62. The number of nitrogens with zero attached hydrogens (tertiary/aromatic N) is 3. The lowest BCUT2D eigenvalue weighted by atomic mass is 10.2. The van der Waals surface area contributed by atoms with Crippen LogP contribution in [0.25, 0.3) is 5.69 Å². The minimum Gasteiger partial charge on any atom is -0.311 e. The summed E-state index contributed by atoms with van der Waals surface area (Å²) in [7, 11) is 0. The Hall–Kier alpha value is -2.32. The van der Waals surface area contributed by atoms with Crippen LogP contribution in [0.3, 0.4) is 0 Å². The second kappa shape index (κ2) is 7.92. The van der Waals surface area contributed by atoms with Crippen LogP contribution in [0.15, 0.2) is 45.1 Å². The molecule has 0 aliphatic rings. The van der Waals surface area contributed by atoms with Crippen molar-refractivity contribution in [1.82, 2.24) is 24.7 Å². The SMILES string of the molecule is CCC(C)Sc1nnc(Cc2cc(=O)[nH]c(=O)[nH]2)n1-c1ccc(Cl)cc1. The Morgan fingerprint density at radius 2 is 1.92 bits per heavy atom. The van der Waals surface area contributed by atoms with Gasteiger partial charge in [-0.2, -0.15) is 0 Å². The van der Waals surface area contributed by atoms with Crippen molar-refractivity contribution in [2.45, 2.75) is 37.1 Å². The molecule has 2 N–H and O–H groups in total. The fraction of sp³-hybridized carbons (Fsp3) is 0.294. The van der Waals surface area contributed by atoms with Crippen molar-refractivity contribution < 1.29 is 0 Å². The minimum absolute atomic E-state index is 0.274. The van der Waals surface area contributed by atoms with Gasteiger partial charge in [0.05, 0.1) is 0 Å². The Balaban J connectivity index is 2.05. The standard InChI is InChI=1S/C17H18ClN5O2S/c1-3-10(2)26-17-22-21-14(8-12-9-15(24)20-16(25)19-12)23(17)13-6-4-11(18)5-7-13/h4-7,9-10H,3,8H2,1-2H3,(H2,19,20,24,25). The van der Waals surface area contributed by atoms with Gasteiger partial charge >= 0.3 is 5.69 Å². The molecular weight excluding hydrogens is 374 g/mol. The zero-order chi connectivity index (χ0) is 18.7. The molecule has 26 heavy (non-hydrogen) atoms. The third-order valence-electron chi connectivity index (χ3n) is 3.83. The van der Waals surface area contributed by atoms with Crippen LogP contribution in [0.2, 0.25) is 5.02 Å². The van der Waals surface area contributed by atoms with Gasteiger partial charge in [0, 0.05) is 34.1 Å². The van der Waals surface area contributed by atoms with Gasteiger partial charge in [-0.15, -0.1) is 10.2 Å². The summed E-state index contributed by atoms with van der Waals surface area (Å²) in [6, 6.07) is 8.72. The third-order valence-corrected chi connectivity index (χ3v) is 5.29. The molecule has 136 valence electrons. The van der Waals surface area contributed by atoms with Gasteiger partial charge in [0.25, 0.3) is 5.56 Å². The Morgan fingerprint density at radius 1 is 1.19 bits per heavy atom. The predicted octanol–water partition coefficient (Wildman–Crippen LogP) is 2.78. The summed E-state index contributed by atoms with van der Waals surface area (Å²) in [6.07, 6.45) is 1.27. The highest BCUT2D eigenvalue weighted by molar-refractivity contribution is 7.99. The smallest absolute Gasteiger partial charge is 0.311 e. The average molecular weight is 392 g/mol. The molecule has 1 unspecified atom stereocenters. The summed E-state index contributed by atoms with van der Waals surface area (Å²) in [5, 5.41) is 10.4. The highest BCUT2D eigenvalue weighted by Crippen LogP contribution is 2.28. The summed E-state index contributed by atoms with van der Waals surface area (Å²) in [4.78, 5) is 27.8.